The first-order chi connectivity index (χ1) is 9.85. The normalized spacial score (nSPS) is 12.4. The largest absolute Gasteiger partial charge is 0.378 e. The maximum atomic E-state index is 5.40. The van der Waals surface area contributed by atoms with Gasteiger partial charge >= 0.3 is 0 Å². The van der Waals surface area contributed by atoms with Crippen molar-refractivity contribution in [3.05, 3.63) is 0 Å². The number of hydrazone groups is 1. The van der Waals surface area contributed by atoms with Crippen LogP contribution in [0.4, 0.5) is 0 Å². The predicted molar refractivity (Wildman–Crippen MR) is 87.9 cm³/mol. The Balaban J connectivity index is -0.00000180. The molecule has 0 saturated carbocycles. The predicted octanol–water partition coefficient (Wildman–Crippen LogP) is 0.116. The minimum Gasteiger partial charge on any atom is -0.378 e. The Labute approximate surface area is 125 Å². The fraction of sp³-hybridized carbons (Fsp3) is 0.846. The van der Waals surface area contributed by atoms with Gasteiger partial charge in [-0.15, -0.1) is 0 Å². The van der Waals surface area contributed by atoms with Crippen LogP contribution in [-0.2, 0) is 9.47 Å². The lowest BCUT2D eigenvalue weighted by molar-refractivity contribution is 0.0520. The SMILES string of the molecule is CCCNCCOCCOCCN=C/C(CNC)=N\N.[HH].[HH]. The summed E-state index contributed by atoms with van der Waals surface area (Å²) in [5, 5.41) is 9.83. The number of hydrogen-bond acceptors (Lipinski definition) is 7. The molecule has 0 rings (SSSR count). The third kappa shape index (κ3) is 13.4. The lowest BCUT2D eigenvalue weighted by Crippen LogP contribution is -2.21. The zero-order valence-corrected chi connectivity index (χ0v) is 12.7. The van der Waals surface area contributed by atoms with Gasteiger partial charge in [0.25, 0.3) is 0 Å². The van der Waals surface area contributed by atoms with Crippen LogP contribution in [0.25, 0.3) is 0 Å². The number of ether oxygens (including phenoxy) is 2. The highest BCUT2D eigenvalue weighted by atomic mass is 16.5. The molecule has 0 radical (unpaired) electrons. The van der Waals surface area contributed by atoms with Crippen LogP contribution in [0.1, 0.15) is 16.2 Å². The lowest BCUT2D eigenvalue weighted by atomic mass is 10.4. The molecule has 0 aliphatic rings. The van der Waals surface area contributed by atoms with Crippen LogP contribution in [0.5, 0.6) is 0 Å². The number of rotatable bonds is 14. The van der Waals surface area contributed by atoms with E-state index in [-0.39, 0.29) is 2.85 Å². The minimum atomic E-state index is 0. The molecule has 0 bridgehead atoms. The van der Waals surface area contributed by atoms with E-state index in [1.807, 2.05) is 7.05 Å². The van der Waals surface area contributed by atoms with Gasteiger partial charge < -0.3 is 25.9 Å². The van der Waals surface area contributed by atoms with Crippen LogP contribution in [-0.4, -0.2) is 71.6 Å². The molecule has 0 unspecified atom stereocenters. The zero-order valence-electron chi connectivity index (χ0n) is 12.7. The quantitative estimate of drug-likeness (QED) is 0.183. The van der Waals surface area contributed by atoms with E-state index < -0.39 is 0 Å². The second-order valence-electron chi connectivity index (χ2n) is 4.16. The highest BCUT2D eigenvalue weighted by Gasteiger charge is 1.92. The van der Waals surface area contributed by atoms with Crippen LogP contribution in [0.2, 0.25) is 0 Å². The van der Waals surface area contributed by atoms with E-state index in [1.54, 1.807) is 6.21 Å². The molecule has 7 heteroatoms. The Morgan fingerprint density at radius 1 is 1.20 bits per heavy atom. The molecule has 0 spiro atoms. The van der Waals surface area contributed by atoms with E-state index in [0.717, 1.165) is 31.8 Å². The first kappa shape index (κ1) is 19.0. The van der Waals surface area contributed by atoms with Gasteiger partial charge in [-0.05, 0) is 20.0 Å². The molecule has 0 fully saturated rings. The van der Waals surface area contributed by atoms with Crippen molar-refractivity contribution in [2.75, 3.05) is 59.7 Å². The summed E-state index contributed by atoms with van der Waals surface area (Å²) in [5.74, 6) is 5.20. The highest BCUT2D eigenvalue weighted by molar-refractivity contribution is 6.31. The summed E-state index contributed by atoms with van der Waals surface area (Å²) in [6, 6.07) is 0. The van der Waals surface area contributed by atoms with Crippen molar-refractivity contribution >= 4 is 11.9 Å². The Morgan fingerprint density at radius 2 is 1.95 bits per heavy atom. The monoisotopic (exact) mass is 291 g/mol. The van der Waals surface area contributed by atoms with Crippen molar-refractivity contribution in [1.82, 2.24) is 10.6 Å². The molecule has 0 aliphatic carbocycles. The van der Waals surface area contributed by atoms with E-state index in [0.29, 0.717) is 32.9 Å². The van der Waals surface area contributed by atoms with Crippen molar-refractivity contribution in [1.29, 1.82) is 0 Å². The third-order valence-electron chi connectivity index (χ3n) is 2.35. The first-order valence-electron chi connectivity index (χ1n) is 7.12. The Morgan fingerprint density at radius 3 is 2.60 bits per heavy atom. The van der Waals surface area contributed by atoms with Gasteiger partial charge in [-0.25, -0.2) is 0 Å². The van der Waals surface area contributed by atoms with Gasteiger partial charge in [-0.1, -0.05) is 6.92 Å². The van der Waals surface area contributed by atoms with Crippen LogP contribution >= 0.6 is 0 Å². The molecule has 0 aromatic heterocycles. The highest BCUT2D eigenvalue weighted by Crippen LogP contribution is 1.80. The fourth-order valence-corrected chi connectivity index (χ4v) is 1.36. The first-order valence-corrected chi connectivity index (χ1v) is 7.12. The topological polar surface area (TPSA) is 93.3 Å². The van der Waals surface area contributed by atoms with E-state index in [2.05, 4.69) is 27.7 Å². The molecule has 4 N–H and O–H groups in total. The van der Waals surface area contributed by atoms with Crippen molar-refractivity contribution in [3.8, 4) is 0 Å². The Bertz CT molecular complexity index is 269. The summed E-state index contributed by atoms with van der Waals surface area (Å²) in [5.41, 5.74) is 0.718. The van der Waals surface area contributed by atoms with Crippen molar-refractivity contribution in [2.45, 2.75) is 13.3 Å². The van der Waals surface area contributed by atoms with Gasteiger partial charge in [0.15, 0.2) is 0 Å². The van der Waals surface area contributed by atoms with Crippen molar-refractivity contribution < 1.29 is 12.3 Å². The summed E-state index contributed by atoms with van der Waals surface area (Å²) in [6.45, 7) is 7.80. The molecule has 0 heterocycles. The zero-order chi connectivity index (χ0) is 14.9. The summed E-state index contributed by atoms with van der Waals surface area (Å²) in [4.78, 5) is 4.18. The molecule has 122 valence electrons. The summed E-state index contributed by atoms with van der Waals surface area (Å²) in [6.07, 6.45) is 2.81. The van der Waals surface area contributed by atoms with Gasteiger partial charge in [0.1, 0.15) is 0 Å². The van der Waals surface area contributed by atoms with E-state index >= 15 is 0 Å². The van der Waals surface area contributed by atoms with Crippen molar-refractivity contribution in [2.24, 2.45) is 15.9 Å². The van der Waals surface area contributed by atoms with Gasteiger partial charge in [0.2, 0.25) is 0 Å². The number of aliphatic imine (C=N–C) groups is 1. The molecule has 7 nitrogen and oxygen atoms in total. The molecule has 20 heavy (non-hydrogen) atoms. The average molecular weight is 291 g/mol. The maximum absolute atomic E-state index is 5.40. The van der Waals surface area contributed by atoms with E-state index in [4.69, 9.17) is 15.3 Å². The molecular formula is C13H33N5O2. The molecule has 0 saturated heterocycles. The second kappa shape index (κ2) is 16.0. The molecular weight excluding hydrogens is 258 g/mol. The number of nitrogens with two attached hydrogens (primary N) is 1. The van der Waals surface area contributed by atoms with Gasteiger partial charge in [-0.2, -0.15) is 5.10 Å². The van der Waals surface area contributed by atoms with E-state index in [1.165, 1.54) is 0 Å². The molecule has 0 atom stereocenters. The fourth-order valence-electron chi connectivity index (χ4n) is 1.36. The Kier molecular flexibility index (Phi) is 15.2. The van der Waals surface area contributed by atoms with Crippen LogP contribution in [0.15, 0.2) is 10.1 Å². The van der Waals surface area contributed by atoms with Crippen LogP contribution in [0.3, 0.4) is 0 Å². The summed E-state index contributed by atoms with van der Waals surface area (Å²) in [7, 11) is 1.83. The summed E-state index contributed by atoms with van der Waals surface area (Å²) >= 11 is 0. The van der Waals surface area contributed by atoms with E-state index in [9.17, 15) is 0 Å². The summed E-state index contributed by atoms with van der Waals surface area (Å²) < 4.78 is 10.8. The minimum absolute atomic E-state index is 0. The molecule has 0 aliphatic heterocycles. The average Bonchev–Trinajstić information content (AvgIpc) is 2.47. The van der Waals surface area contributed by atoms with Crippen LogP contribution in [0, 0.1) is 0 Å². The smallest absolute Gasteiger partial charge is 0.0915 e. The number of nitrogens with one attached hydrogen (secondary N) is 2. The number of nitrogens with zero attached hydrogens (tertiary/aromatic N) is 2. The lowest BCUT2D eigenvalue weighted by Gasteiger charge is -2.05. The molecule has 0 aromatic rings. The standard InChI is InChI=1S/C13H29N5O2.2H2/c1-3-4-16-5-7-19-9-10-20-8-6-17-12-13(18-14)11-15-2;;/h12,15-16H,3-11,14H2,1-2H3;2*1H/b17-12?,18-13-;;. The van der Waals surface area contributed by atoms with Gasteiger partial charge in [0, 0.05) is 22.2 Å². The van der Waals surface area contributed by atoms with Gasteiger partial charge in [0.05, 0.1) is 38.7 Å². The second-order valence-corrected chi connectivity index (χ2v) is 4.16. The molecule has 0 aromatic carbocycles. The maximum Gasteiger partial charge on any atom is 0.0915 e. The van der Waals surface area contributed by atoms with Gasteiger partial charge in [-0.3, -0.25) is 4.99 Å². The third-order valence-corrected chi connectivity index (χ3v) is 2.35. The van der Waals surface area contributed by atoms with Crippen molar-refractivity contribution in [3.63, 3.8) is 0 Å². The Hall–Kier alpha value is -1.02. The van der Waals surface area contributed by atoms with Crippen LogP contribution < -0.4 is 16.5 Å². The molecule has 0 amide bonds. The number of hydrogen-bond donors (Lipinski definition) is 3.